The van der Waals surface area contributed by atoms with Crippen LogP contribution in [-0.2, 0) is 0 Å². The summed E-state index contributed by atoms with van der Waals surface area (Å²) in [5.41, 5.74) is 0.480. The summed E-state index contributed by atoms with van der Waals surface area (Å²) in [5, 5.41) is 14.3. The van der Waals surface area contributed by atoms with Crippen molar-refractivity contribution in [2.24, 2.45) is 0 Å². The molecule has 0 bridgehead atoms. The highest BCUT2D eigenvalue weighted by atomic mass is 79.9. The van der Waals surface area contributed by atoms with Crippen molar-refractivity contribution in [1.82, 2.24) is 0 Å². The number of nitrogens with one attached hydrogen (secondary N) is 1. The fourth-order valence-corrected chi connectivity index (χ4v) is 2.68. The van der Waals surface area contributed by atoms with Gasteiger partial charge in [0.2, 0.25) is 0 Å². The van der Waals surface area contributed by atoms with Gasteiger partial charge in [-0.15, -0.1) is 0 Å². The van der Waals surface area contributed by atoms with E-state index in [1.165, 1.54) is 7.11 Å². The largest absolute Gasteiger partial charge is 0.504 e. The molecule has 0 aliphatic heterocycles. The summed E-state index contributed by atoms with van der Waals surface area (Å²) in [6.07, 6.45) is -0.718. The first-order chi connectivity index (χ1) is 11.6. The number of phenols is 1. The third-order valence-corrected chi connectivity index (χ3v) is 3.92. The SMILES string of the molecule is COc1ccccc1NC(=O)Oc1cc2cc(Br)ccc2cc1O. The molecule has 0 aromatic heterocycles. The molecule has 0 spiro atoms. The summed E-state index contributed by atoms with van der Waals surface area (Å²) in [6.45, 7) is 0. The van der Waals surface area contributed by atoms with Crippen molar-refractivity contribution in [3.8, 4) is 17.2 Å². The lowest BCUT2D eigenvalue weighted by Gasteiger charge is -2.11. The number of carbonyl (C=O) groups is 1. The maximum atomic E-state index is 12.1. The van der Waals surface area contributed by atoms with E-state index < -0.39 is 6.09 Å². The van der Waals surface area contributed by atoms with Crippen molar-refractivity contribution in [3.05, 3.63) is 59.1 Å². The van der Waals surface area contributed by atoms with Gasteiger partial charge in [-0.3, -0.25) is 5.32 Å². The highest BCUT2D eigenvalue weighted by Gasteiger charge is 2.12. The van der Waals surface area contributed by atoms with Crippen LogP contribution in [0, 0.1) is 0 Å². The molecule has 6 heteroatoms. The minimum atomic E-state index is -0.718. The summed E-state index contributed by atoms with van der Waals surface area (Å²) in [7, 11) is 1.51. The van der Waals surface area contributed by atoms with Crippen molar-refractivity contribution in [2.45, 2.75) is 0 Å². The molecule has 0 saturated heterocycles. The van der Waals surface area contributed by atoms with Gasteiger partial charge in [0, 0.05) is 4.47 Å². The van der Waals surface area contributed by atoms with Crippen LogP contribution in [0.1, 0.15) is 0 Å². The van der Waals surface area contributed by atoms with Gasteiger partial charge in [0.25, 0.3) is 0 Å². The minimum Gasteiger partial charge on any atom is -0.504 e. The molecule has 0 radical (unpaired) electrons. The number of hydrogen-bond acceptors (Lipinski definition) is 4. The first-order valence-electron chi connectivity index (χ1n) is 7.11. The van der Waals surface area contributed by atoms with Crippen molar-refractivity contribution < 1.29 is 19.4 Å². The Morgan fingerprint density at radius 1 is 1.04 bits per heavy atom. The molecule has 3 aromatic rings. The van der Waals surface area contributed by atoms with Gasteiger partial charge in [-0.05, 0) is 47.2 Å². The average Bonchev–Trinajstić information content (AvgIpc) is 2.56. The minimum absolute atomic E-state index is 0.0768. The van der Waals surface area contributed by atoms with Crippen LogP contribution in [0.3, 0.4) is 0 Å². The Hall–Kier alpha value is -2.73. The molecule has 3 aromatic carbocycles. The standard InChI is InChI=1S/C18H14BrNO4/c1-23-16-5-3-2-4-14(16)20-18(22)24-17-10-12-8-13(19)7-6-11(12)9-15(17)21/h2-10,21H,1H3,(H,20,22). The van der Waals surface area contributed by atoms with E-state index in [-0.39, 0.29) is 11.5 Å². The normalized spacial score (nSPS) is 10.4. The Bertz CT molecular complexity index is 911. The molecule has 2 N–H and O–H groups in total. The zero-order valence-electron chi connectivity index (χ0n) is 12.7. The Kier molecular flexibility index (Phi) is 4.57. The number of halogens is 1. The maximum Gasteiger partial charge on any atom is 0.417 e. The number of benzene rings is 3. The monoisotopic (exact) mass is 387 g/mol. The van der Waals surface area contributed by atoms with Crippen LogP contribution < -0.4 is 14.8 Å². The zero-order chi connectivity index (χ0) is 17.1. The highest BCUT2D eigenvalue weighted by molar-refractivity contribution is 9.10. The first kappa shape index (κ1) is 16.1. The fraction of sp³-hybridized carbons (Fsp3) is 0.0556. The predicted octanol–water partition coefficient (Wildman–Crippen LogP) is 4.93. The Morgan fingerprint density at radius 2 is 1.83 bits per heavy atom. The molecule has 1 amide bonds. The number of rotatable bonds is 3. The highest BCUT2D eigenvalue weighted by Crippen LogP contribution is 2.33. The molecule has 24 heavy (non-hydrogen) atoms. The van der Waals surface area contributed by atoms with Gasteiger partial charge in [-0.1, -0.05) is 34.1 Å². The van der Waals surface area contributed by atoms with Crippen LogP contribution in [0.25, 0.3) is 10.8 Å². The van der Waals surface area contributed by atoms with Gasteiger partial charge in [0.15, 0.2) is 11.5 Å². The number of hydrogen-bond donors (Lipinski definition) is 2. The number of anilines is 1. The number of amides is 1. The molecular weight excluding hydrogens is 374 g/mol. The second kappa shape index (κ2) is 6.80. The van der Waals surface area contributed by atoms with Crippen molar-refractivity contribution >= 4 is 38.5 Å². The molecule has 0 aliphatic rings. The molecule has 0 aliphatic carbocycles. The van der Waals surface area contributed by atoms with Gasteiger partial charge in [0.05, 0.1) is 12.8 Å². The summed E-state index contributed by atoms with van der Waals surface area (Å²) in [4.78, 5) is 12.1. The second-order valence-electron chi connectivity index (χ2n) is 5.03. The summed E-state index contributed by atoms with van der Waals surface area (Å²) in [5.74, 6) is 0.481. The number of phenolic OH excluding ortho intramolecular Hbond substituents is 1. The Morgan fingerprint density at radius 3 is 2.62 bits per heavy atom. The quantitative estimate of drug-likeness (QED) is 0.668. The summed E-state index contributed by atoms with van der Waals surface area (Å²) >= 11 is 3.39. The van der Waals surface area contributed by atoms with Gasteiger partial charge in [-0.2, -0.15) is 0 Å². The summed E-state index contributed by atoms with van der Waals surface area (Å²) < 4.78 is 11.3. The third-order valence-electron chi connectivity index (χ3n) is 3.43. The molecular formula is C18H14BrNO4. The van der Waals surface area contributed by atoms with Gasteiger partial charge >= 0.3 is 6.09 Å². The fourth-order valence-electron chi connectivity index (χ4n) is 2.30. The lowest BCUT2D eigenvalue weighted by molar-refractivity contribution is 0.213. The number of carbonyl (C=O) groups excluding carboxylic acids is 1. The van der Waals surface area contributed by atoms with E-state index in [1.54, 1.807) is 36.4 Å². The number of para-hydroxylation sites is 2. The van der Waals surface area contributed by atoms with E-state index in [2.05, 4.69) is 21.2 Å². The van der Waals surface area contributed by atoms with Gasteiger partial charge < -0.3 is 14.6 Å². The number of fused-ring (bicyclic) bond motifs is 1. The van der Waals surface area contributed by atoms with Crippen LogP contribution in [0.4, 0.5) is 10.5 Å². The molecule has 0 fully saturated rings. The van der Waals surface area contributed by atoms with Crippen LogP contribution >= 0.6 is 15.9 Å². The van der Waals surface area contributed by atoms with Crippen molar-refractivity contribution in [2.75, 3.05) is 12.4 Å². The van der Waals surface area contributed by atoms with Crippen LogP contribution in [0.5, 0.6) is 17.2 Å². The van der Waals surface area contributed by atoms with Crippen molar-refractivity contribution in [1.29, 1.82) is 0 Å². The summed E-state index contributed by atoms with van der Waals surface area (Å²) in [6, 6.07) is 15.7. The number of methoxy groups -OCH3 is 1. The lowest BCUT2D eigenvalue weighted by Crippen LogP contribution is -2.17. The lowest BCUT2D eigenvalue weighted by atomic mass is 10.1. The van der Waals surface area contributed by atoms with Gasteiger partial charge in [0.1, 0.15) is 5.75 Å². The van der Waals surface area contributed by atoms with E-state index in [1.807, 2.05) is 18.2 Å². The number of aromatic hydroxyl groups is 1. The maximum absolute atomic E-state index is 12.1. The van der Waals surface area contributed by atoms with Gasteiger partial charge in [-0.25, -0.2) is 4.79 Å². The van der Waals surface area contributed by atoms with E-state index in [0.29, 0.717) is 11.4 Å². The molecule has 0 unspecified atom stereocenters. The third kappa shape index (κ3) is 3.44. The first-order valence-corrected chi connectivity index (χ1v) is 7.90. The molecule has 0 atom stereocenters. The Labute approximate surface area is 147 Å². The van der Waals surface area contributed by atoms with Crippen LogP contribution in [-0.4, -0.2) is 18.3 Å². The molecule has 0 saturated carbocycles. The second-order valence-corrected chi connectivity index (χ2v) is 5.94. The molecule has 3 rings (SSSR count). The van der Waals surface area contributed by atoms with E-state index in [4.69, 9.17) is 9.47 Å². The van der Waals surface area contributed by atoms with E-state index in [0.717, 1.165) is 15.2 Å². The smallest absolute Gasteiger partial charge is 0.417 e. The number of ether oxygens (including phenoxy) is 2. The molecule has 5 nitrogen and oxygen atoms in total. The van der Waals surface area contributed by atoms with E-state index >= 15 is 0 Å². The topological polar surface area (TPSA) is 67.8 Å². The van der Waals surface area contributed by atoms with E-state index in [9.17, 15) is 9.90 Å². The van der Waals surface area contributed by atoms with Crippen LogP contribution in [0.2, 0.25) is 0 Å². The average molecular weight is 388 g/mol. The van der Waals surface area contributed by atoms with Crippen molar-refractivity contribution in [3.63, 3.8) is 0 Å². The zero-order valence-corrected chi connectivity index (χ0v) is 14.3. The Balaban J connectivity index is 1.83. The molecule has 122 valence electrons. The molecule has 0 heterocycles. The van der Waals surface area contributed by atoms with Crippen LogP contribution in [0.15, 0.2) is 59.1 Å². The predicted molar refractivity (Wildman–Crippen MR) is 96.0 cm³/mol.